The number of alkyl halides is 2. The van der Waals surface area contributed by atoms with Gasteiger partial charge in [-0.1, -0.05) is 37.1 Å². The fraction of sp³-hybridized carbons (Fsp3) is 0.474. The Labute approximate surface area is 157 Å². The van der Waals surface area contributed by atoms with Gasteiger partial charge in [0.2, 0.25) is 5.91 Å². The molecule has 0 bridgehead atoms. The summed E-state index contributed by atoms with van der Waals surface area (Å²) in [6.07, 6.45) is 2.57. The van der Waals surface area contributed by atoms with Crippen molar-refractivity contribution in [3.05, 3.63) is 41.7 Å². The smallest absolute Gasteiger partial charge is 0.387 e. The fourth-order valence-electron chi connectivity index (χ4n) is 2.76. The third kappa shape index (κ3) is 6.63. The minimum absolute atomic E-state index is 0.109. The highest BCUT2D eigenvalue weighted by Crippen LogP contribution is 2.18. The summed E-state index contributed by atoms with van der Waals surface area (Å²) in [5.41, 5.74) is 0.894. The van der Waals surface area contributed by atoms with Crippen molar-refractivity contribution in [2.45, 2.75) is 52.3 Å². The molecule has 1 heterocycles. The molecule has 8 heteroatoms. The van der Waals surface area contributed by atoms with Crippen LogP contribution in [-0.2, 0) is 11.3 Å². The predicted molar refractivity (Wildman–Crippen MR) is 97.7 cm³/mol. The van der Waals surface area contributed by atoms with E-state index in [1.54, 1.807) is 25.1 Å². The summed E-state index contributed by atoms with van der Waals surface area (Å²) < 4.78 is 33.8. The summed E-state index contributed by atoms with van der Waals surface area (Å²) in [7, 11) is 1.86. The van der Waals surface area contributed by atoms with E-state index in [0.29, 0.717) is 24.5 Å². The molecule has 0 aliphatic heterocycles. The molecular weight excluding hydrogens is 356 g/mol. The van der Waals surface area contributed by atoms with Crippen LogP contribution in [0, 0.1) is 6.92 Å². The topological polar surface area (TPSA) is 67.6 Å². The number of hydrogen-bond acceptors (Lipinski definition) is 5. The van der Waals surface area contributed by atoms with Gasteiger partial charge < -0.3 is 14.6 Å². The van der Waals surface area contributed by atoms with Gasteiger partial charge in [0, 0.05) is 12.6 Å². The number of likely N-dealkylation sites (N-methyl/N-ethyl adjacent to an activating group) is 1. The number of nitrogens with zero attached hydrogens (tertiary/aromatic N) is 2. The minimum atomic E-state index is -2.85. The number of aryl methyl sites for hydroxylation is 1. The second-order valence-electron chi connectivity index (χ2n) is 6.41. The molecule has 1 aromatic heterocycles. The quantitative estimate of drug-likeness (QED) is 0.668. The maximum atomic E-state index is 12.7. The average Bonchev–Trinajstić information content (AvgIpc) is 3.01. The molecule has 2 aromatic rings. The highest BCUT2D eigenvalue weighted by molar-refractivity contribution is 5.93. The van der Waals surface area contributed by atoms with Crippen molar-refractivity contribution >= 4 is 11.7 Å². The Morgan fingerprint density at radius 3 is 2.59 bits per heavy atom. The average molecular weight is 381 g/mol. The van der Waals surface area contributed by atoms with E-state index in [4.69, 9.17) is 4.52 Å². The molecule has 2 rings (SSSR count). The molecule has 0 spiro atoms. The van der Waals surface area contributed by atoms with Gasteiger partial charge in [-0.2, -0.15) is 8.78 Å². The lowest BCUT2D eigenvalue weighted by Crippen LogP contribution is -2.41. The number of anilines is 1. The number of carbonyl (C=O) groups excluding carboxylic acids is 1. The molecule has 1 N–H and O–H groups in total. The number of ether oxygens (including phenoxy) is 1. The van der Waals surface area contributed by atoms with Crippen molar-refractivity contribution in [3.8, 4) is 5.75 Å². The van der Waals surface area contributed by atoms with Crippen LogP contribution in [-0.4, -0.2) is 35.7 Å². The lowest BCUT2D eigenvalue weighted by atomic mass is 10.1. The lowest BCUT2D eigenvalue weighted by molar-refractivity contribution is -0.121. The van der Waals surface area contributed by atoms with Crippen LogP contribution in [0.2, 0.25) is 0 Å². The molecule has 1 amide bonds. The SMILES string of the molecule is CCCCC(C(=O)Nc1cc(C)on1)N(C)Cc1ccc(OC(F)F)cc1. The van der Waals surface area contributed by atoms with Gasteiger partial charge in [0.1, 0.15) is 11.5 Å². The standard InChI is InChI=1S/C19H25F2N3O3/c1-4-5-6-16(18(25)22-17-11-13(2)27-23-17)24(3)12-14-7-9-15(10-8-14)26-19(20)21/h7-11,16,19H,4-6,12H2,1-3H3,(H,22,23,25). The first-order chi connectivity index (χ1) is 12.9. The van der Waals surface area contributed by atoms with Gasteiger partial charge >= 0.3 is 6.61 Å². The van der Waals surface area contributed by atoms with Crippen LogP contribution < -0.4 is 10.1 Å². The van der Waals surface area contributed by atoms with Crippen LogP contribution in [0.15, 0.2) is 34.9 Å². The van der Waals surface area contributed by atoms with Crippen molar-refractivity contribution in [2.75, 3.05) is 12.4 Å². The molecule has 0 aliphatic rings. The number of nitrogens with one attached hydrogen (secondary N) is 1. The Balaban J connectivity index is 2.02. The van der Waals surface area contributed by atoms with Gasteiger partial charge in [0.05, 0.1) is 6.04 Å². The molecule has 148 valence electrons. The van der Waals surface area contributed by atoms with E-state index >= 15 is 0 Å². The van der Waals surface area contributed by atoms with Crippen molar-refractivity contribution in [3.63, 3.8) is 0 Å². The molecule has 0 saturated heterocycles. The summed E-state index contributed by atoms with van der Waals surface area (Å²) in [5, 5.41) is 6.57. The highest BCUT2D eigenvalue weighted by Gasteiger charge is 2.23. The largest absolute Gasteiger partial charge is 0.435 e. The summed E-state index contributed by atoms with van der Waals surface area (Å²) in [6, 6.07) is 7.73. The lowest BCUT2D eigenvalue weighted by Gasteiger charge is -2.27. The van der Waals surface area contributed by atoms with Crippen LogP contribution in [0.1, 0.15) is 37.5 Å². The molecule has 0 fully saturated rings. The Morgan fingerprint density at radius 1 is 1.33 bits per heavy atom. The fourth-order valence-corrected chi connectivity index (χ4v) is 2.76. The van der Waals surface area contributed by atoms with Crippen molar-refractivity contribution in [2.24, 2.45) is 0 Å². The van der Waals surface area contributed by atoms with Crippen LogP contribution in [0.4, 0.5) is 14.6 Å². The van der Waals surface area contributed by atoms with Gasteiger partial charge in [-0.25, -0.2) is 0 Å². The van der Waals surface area contributed by atoms with Crippen molar-refractivity contribution in [1.29, 1.82) is 0 Å². The number of amides is 1. The van der Waals surface area contributed by atoms with Crippen LogP contribution >= 0.6 is 0 Å². The molecule has 0 saturated carbocycles. The minimum Gasteiger partial charge on any atom is -0.435 e. The molecule has 1 atom stereocenters. The molecular formula is C19H25F2N3O3. The summed E-state index contributed by atoms with van der Waals surface area (Å²) in [4.78, 5) is 14.6. The zero-order valence-electron chi connectivity index (χ0n) is 15.7. The maximum Gasteiger partial charge on any atom is 0.387 e. The Morgan fingerprint density at radius 2 is 2.04 bits per heavy atom. The second-order valence-corrected chi connectivity index (χ2v) is 6.41. The molecule has 27 heavy (non-hydrogen) atoms. The van der Waals surface area contributed by atoms with Gasteiger partial charge in [0.15, 0.2) is 5.82 Å². The number of rotatable bonds is 10. The number of unbranched alkanes of at least 4 members (excludes halogenated alkanes) is 1. The van der Waals surface area contributed by atoms with Gasteiger partial charge in [0.25, 0.3) is 0 Å². The normalized spacial score (nSPS) is 12.4. The van der Waals surface area contributed by atoms with E-state index in [1.165, 1.54) is 12.1 Å². The first-order valence-corrected chi connectivity index (χ1v) is 8.87. The predicted octanol–water partition coefficient (Wildman–Crippen LogP) is 4.21. The second kappa shape index (κ2) is 10.0. The summed E-state index contributed by atoms with van der Waals surface area (Å²) >= 11 is 0. The van der Waals surface area contributed by atoms with Gasteiger partial charge in [-0.05, 0) is 38.1 Å². The Hall–Kier alpha value is -2.48. The Bertz CT molecular complexity index is 719. The highest BCUT2D eigenvalue weighted by atomic mass is 19.3. The summed E-state index contributed by atoms with van der Waals surface area (Å²) in [5.74, 6) is 0.964. The maximum absolute atomic E-state index is 12.7. The molecule has 1 unspecified atom stereocenters. The van der Waals surface area contributed by atoms with Gasteiger partial charge in [-0.15, -0.1) is 0 Å². The monoisotopic (exact) mass is 381 g/mol. The van der Waals surface area contributed by atoms with Crippen molar-refractivity contribution < 1.29 is 22.8 Å². The zero-order valence-corrected chi connectivity index (χ0v) is 15.7. The first-order valence-electron chi connectivity index (χ1n) is 8.87. The number of halogens is 2. The molecule has 1 aromatic carbocycles. The van der Waals surface area contributed by atoms with Crippen LogP contribution in [0.5, 0.6) is 5.75 Å². The first kappa shape index (κ1) is 20.8. The van der Waals surface area contributed by atoms with E-state index in [2.05, 4.69) is 22.1 Å². The van der Waals surface area contributed by atoms with E-state index in [-0.39, 0.29) is 17.7 Å². The molecule has 0 aliphatic carbocycles. The molecule has 0 radical (unpaired) electrons. The third-order valence-corrected chi connectivity index (χ3v) is 4.13. The zero-order chi connectivity index (χ0) is 19.8. The number of aromatic nitrogens is 1. The van der Waals surface area contributed by atoms with E-state index < -0.39 is 6.61 Å². The Kier molecular flexibility index (Phi) is 7.72. The van der Waals surface area contributed by atoms with Gasteiger partial charge in [-0.3, -0.25) is 9.69 Å². The summed E-state index contributed by atoms with van der Waals surface area (Å²) in [6.45, 7) is 1.47. The van der Waals surface area contributed by atoms with Crippen LogP contribution in [0.3, 0.4) is 0 Å². The number of carbonyl (C=O) groups is 1. The third-order valence-electron chi connectivity index (χ3n) is 4.13. The van der Waals surface area contributed by atoms with Crippen LogP contribution in [0.25, 0.3) is 0 Å². The molecule has 6 nitrogen and oxygen atoms in total. The number of benzene rings is 1. The van der Waals surface area contributed by atoms with E-state index in [9.17, 15) is 13.6 Å². The van der Waals surface area contributed by atoms with E-state index in [0.717, 1.165) is 18.4 Å². The van der Waals surface area contributed by atoms with E-state index in [1.807, 2.05) is 11.9 Å². The number of hydrogen-bond donors (Lipinski definition) is 1. The van der Waals surface area contributed by atoms with Crippen molar-refractivity contribution in [1.82, 2.24) is 10.1 Å².